The van der Waals surface area contributed by atoms with Crippen LogP contribution in [0.15, 0.2) is 47.1 Å². The molecule has 0 saturated carbocycles. The van der Waals surface area contributed by atoms with Gasteiger partial charge in [0.1, 0.15) is 0 Å². The van der Waals surface area contributed by atoms with Crippen LogP contribution in [-0.4, -0.2) is 11.0 Å². The molecular formula is C15H15ClN2. The van der Waals surface area contributed by atoms with Gasteiger partial charge in [-0.2, -0.15) is 5.26 Å². The Balaban J connectivity index is 2.59. The molecule has 1 heterocycles. The molecule has 0 saturated heterocycles. The van der Waals surface area contributed by atoms with Crippen LogP contribution in [0.5, 0.6) is 0 Å². The number of nitriles is 1. The SMILES string of the molecule is CCC1=C(C#N)C(C)=C(c2ccccc2)N(Cl)C1. The first-order valence-corrected chi connectivity index (χ1v) is 6.35. The maximum atomic E-state index is 9.31. The summed E-state index contributed by atoms with van der Waals surface area (Å²) in [6.45, 7) is 4.63. The van der Waals surface area contributed by atoms with Gasteiger partial charge in [-0.3, -0.25) is 4.42 Å². The molecule has 0 aliphatic carbocycles. The van der Waals surface area contributed by atoms with Crippen molar-refractivity contribution >= 4 is 17.5 Å². The lowest BCUT2D eigenvalue weighted by Gasteiger charge is -2.28. The third-order valence-electron chi connectivity index (χ3n) is 3.24. The van der Waals surface area contributed by atoms with Crippen LogP contribution in [0.2, 0.25) is 0 Å². The van der Waals surface area contributed by atoms with E-state index in [0.717, 1.165) is 34.4 Å². The van der Waals surface area contributed by atoms with Gasteiger partial charge in [-0.1, -0.05) is 37.3 Å². The Morgan fingerprint density at radius 3 is 2.56 bits per heavy atom. The summed E-state index contributed by atoms with van der Waals surface area (Å²) in [7, 11) is 0. The highest BCUT2D eigenvalue weighted by Gasteiger charge is 2.23. The van der Waals surface area contributed by atoms with Crippen molar-refractivity contribution in [3.05, 3.63) is 52.6 Å². The predicted molar refractivity (Wildman–Crippen MR) is 74.5 cm³/mol. The lowest BCUT2D eigenvalue weighted by Crippen LogP contribution is -2.21. The number of hydrogen-bond donors (Lipinski definition) is 0. The Morgan fingerprint density at radius 1 is 1.33 bits per heavy atom. The van der Waals surface area contributed by atoms with E-state index >= 15 is 0 Å². The number of benzene rings is 1. The fourth-order valence-corrected chi connectivity index (χ4v) is 2.66. The van der Waals surface area contributed by atoms with E-state index in [4.69, 9.17) is 11.8 Å². The molecule has 0 spiro atoms. The second-order valence-corrected chi connectivity index (χ2v) is 4.71. The largest absolute Gasteiger partial charge is 0.280 e. The van der Waals surface area contributed by atoms with Crippen molar-refractivity contribution in [1.29, 1.82) is 5.26 Å². The first kappa shape index (κ1) is 12.7. The fourth-order valence-electron chi connectivity index (χ4n) is 2.30. The minimum absolute atomic E-state index is 0.614. The minimum atomic E-state index is 0.614. The van der Waals surface area contributed by atoms with Crippen LogP contribution in [0.4, 0.5) is 0 Å². The summed E-state index contributed by atoms with van der Waals surface area (Å²) in [6, 6.07) is 12.3. The van der Waals surface area contributed by atoms with E-state index in [-0.39, 0.29) is 0 Å². The second kappa shape index (κ2) is 5.29. The van der Waals surface area contributed by atoms with Crippen molar-refractivity contribution in [2.24, 2.45) is 0 Å². The van der Waals surface area contributed by atoms with Gasteiger partial charge in [0, 0.05) is 11.8 Å². The normalized spacial score (nSPS) is 16.0. The summed E-state index contributed by atoms with van der Waals surface area (Å²) in [5.41, 5.74) is 4.83. The van der Waals surface area contributed by atoms with Gasteiger partial charge < -0.3 is 0 Å². The Morgan fingerprint density at radius 2 is 2.00 bits per heavy atom. The monoisotopic (exact) mass is 258 g/mol. The maximum Gasteiger partial charge on any atom is 0.0995 e. The molecule has 1 aliphatic heterocycles. The summed E-state index contributed by atoms with van der Waals surface area (Å²) in [4.78, 5) is 0. The highest BCUT2D eigenvalue weighted by molar-refractivity contribution is 6.18. The molecule has 0 radical (unpaired) electrons. The lowest BCUT2D eigenvalue weighted by atomic mass is 9.92. The van der Waals surface area contributed by atoms with E-state index in [2.05, 4.69) is 13.0 Å². The Hall–Kier alpha value is -1.72. The molecule has 0 amide bonds. The van der Waals surface area contributed by atoms with Crippen molar-refractivity contribution < 1.29 is 0 Å². The Labute approximate surface area is 113 Å². The van der Waals surface area contributed by atoms with Crippen LogP contribution >= 0.6 is 11.8 Å². The summed E-state index contributed by atoms with van der Waals surface area (Å²) < 4.78 is 1.71. The summed E-state index contributed by atoms with van der Waals surface area (Å²) >= 11 is 6.34. The Bertz CT molecular complexity index is 550. The molecule has 2 rings (SSSR count). The quantitative estimate of drug-likeness (QED) is 0.746. The highest BCUT2D eigenvalue weighted by atomic mass is 35.5. The summed E-state index contributed by atoms with van der Waals surface area (Å²) in [5.74, 6) is 0. The summed E-state index contributed by atoms with van der Waals surface area (Å²) in [6.07, 6.45) is 0.853. The van der Waals surface area contributed by atoms with Gasteiger partial charge in [-0.05, 0) is 30.1 Å². The van der Waals surface area contributed by atoms with E-state index in [1.54, 1.807) is 4.42 Å². The molecule has 1 aromatic rings. The maximum absolute atomic E-state index is 9.31. The molecule has 2 nitrogen and oxygen atoms in total. The molecule has 1 aliphatic rings. The highest BCUT2D eigenvalue weighted by Crippen LogP contribution is 2.35. The molecule has 0 bridgehead atoms. The van der Waals surface area contributed by atoms with E-state index in [1.165, 1.54) is 0 Å². The van der Waals surface area contributed by atoms with Crippen molar-refractivity contribution in [3.8, 4) is 6.07 Å². The first-order valence-electron chi connectivity index (χ1n) is 6.01. The molecule has 0 N–H and O–H groups in total. The molecule has 0 atom stereocenters. The molecule has 92 valence electrons. The van der Waals surface area contributed by atoms with Crippen molar-refractivity contribution in [2.45, 2.75) is 20.3 Å². The van der Waals surface area contributed by atoms with Crippen molar-refractivity contribution in [1.82, 2.24) is 4.42 Å². The van der Waals surface area contributed by atoms with Crippen LogP contribution in [0.1, 0.15) is 25.8 Å². The standard InChI is InChI=1S/C15H15ClN2/c1-3-12-10-18(16)15(11(2)14(12)9-17)13-7-5-4-6-8-13/h4-8H,3,10H2,1-2H3. The number of halogens is 1. The third-order valence-corrected chi connectivity index (χ3v) is 3.53. The van der Waals surface area contributed by atoms with Crippen molar-refractivity contribution in [2.75, 3.05) is 6.54 Å². The predicted octanol–water partition coefficient (Wildman–Crippen LogP) is 4.12. The minimum Gasteiger partial charge on any atom is -0.280 e. The number of allylic oxidation sites excluding steroid dienone is 2. The number of rotatable bonds is 2. The average molecular weight is 259 g/mol. The third kappa shape index (κ3) is 2.14. The van der Waals surface area contributed by atoms with Crippen LogP contribution in [0, 0.1) is 11.3 Å². The van der Waals surface area contributed by atoms with Gasteiger partial charge >= 0.3 is 0 Å². The topological polar surface area (TPSA) is 27.0 Å². The van der Waals surface area contributed by atoms with Crippen molar-refractivity contribution in [3.63, 3.8) is 0 Å². The van der Waals surface area contributed by atoms with Gasteiger partial charge in [-0.15, -0.1) is 0 Å². The van der Waals surface area contributed by atoms with Gasteiger partial charge in [0.05, 0.1) is 23.9 Å². The van der Waals surface area contributed by atoms with Gasteiger partial charge in [0.15, 0.2) is 0 Å². The summed E-state index contributed by atoms with van der Waals surface area (Å²) in [5, 5.41) is 9.31. The number of nitrogens with zero attached hydrogens (tertiary/aromatic N) is 2. The van der Waals surface area contributed by atoms with E-state index < -0.39 is 0 Å². The molecule has 1 aromatic carbocycles. The molecule has 0 unspecified atom stereocenters. The first-order chi connectivity index (χ1) is 8.69. The van der Waals surface area contributed by atoms with E-state index in [1.807, 2.05) is 37.3 Å². The lowest BCUT2D eigenvalue weighted by molar-refractivity contribution is 0.649. The van der Waals surface area contributed by atoms with Crippen LogP contribution in [0.3, 0.4) is 0 Å². The molecule has 3 heteroatoms. The zero-order chi connectivity index (χ0) is 13.1. The van der Waals surface area contributed by atoms with Crippen LogP contribution < -0.4 is 0 Å². The van der Waals surface area contributed by atoms with E-state index in [0.29, 0.717) is 6.54 Å². The molecule has 18 heavy (non-hydrogen) atoms. The zero-order valence-electron chi connectivity index (χ0n) is 10.6. The second-order valence-electron chi connectivity index (χ2n) is 4.30. The molecule has 0 fully saturated rings. The average Bonchev–Trinajstić information content (AvgIpc) is 2.39. The van der Waals surface area contributed by atoms with Crippen LogP contribution in [0.25, 0.3) is 5.70 Å². The van der Waals surface area contributed by atoms with Gasteiger partial charge in [0.2, 0.25) is 0 Å². The zero-order valence-corrected chi connectivity index (χ0v) is 11.3. The molecule has 0 aromatic heterocycles. The van der Waals surface area contributed by atoms with E-state index in [9.17, 15) is 5.26 Å². The van der Waals surface area contributed by atoms with Gasteiger partial charge in [0.25, 0.3) is 0 Å². The fraction of sp³-hybridized carbons (Fsp3) is 0.267. The van der Waals surface area contributed by atoms with Crippen LogP contribution in [-0.2, 0) is 0 Å². The smallest absolute Gasteiger partial charge is 0.0995 e. The van der Waals surface area contributed by atoms with Gasteiger partial charge in [-0.25, -0.2) is 0 Å². The Kier molecular flexibility index (Phi) is 3.74. The number of hydrogen-bond acceptors (Lipinski definition) is 2. The molecular weight excluding hydrogens is 244 g/mol.